The van der Waals surface area contributed by atoms with Gasteiger partial charge in [-0.25, -0.2) is 27.2 Å². The SMILES string of the molecule is C=N/C(=C\C(C)=C(/C)n1ncc(C(=O)c2cc3cc(OCC(F)F)c(NC4CNC4)cc3[nH]2)c1N)Oc1c(F)cccc1F. The van der Waals surface area contributed by atoms with Gasteiger partial charge in [0.05, 0.1) is 29.2 Å². The van der Waals surface area contributed by atoms with E-state index in [1.165, 1.54) is 23.0 Å². The topological polar surface area (TPSA) is 132 Å². The van der Waals surface area contributed by atoms with Gasteiger partial charge in [0.2, 0.25) is 17.4 Å². The number of rotatable bonds is 12. The van der Waals surface area contributed by atoms with Crippen LogP contribution in [-0.2, 0) is 0 Å². The molecule has 230 valence electrons. The maximum absolute atomic E-state index is 14.0. The fourth-order valence-electron chi connectivity index (χ4n) is 4.47. The third-order valence-electron chi connectivity index (χ3n) is 7.03. The fraction of sp³-hybridized carbons (Fsp3) is 0.233. The molecule has 0 unspecified atom stereocenters. The van der Waals surface area contributed by atoms with Crippen LogP contribution in [0.5, 0.6) is 11.5 Å². The Morgan fingerprint density at radius 2 is 1.98 bits per heavy atom. The summed E-state index contributed by atoms with van der Waals surface area (Å²) in [5.74, 6) is -2.79. The molecular formula is C30H29F4N7O3. The van der Waals surface area contributed by atoms with Crippen molar-refractivity contribution in [3.63, 3.8) is 0 Å². The number of halogens is 4. The first kappa shape index (κ1) is 30.4. The summed E-state index contributed by atoms with van der Waals surface area (Å²) in [6.07, 6.45) is 0.0634. The van der Waals surface area contributed by atoms with Crippen LogP contribution in [0.3, 0.4) is 0 Å². The summed E-state index contributed by atoms with van der Waals surface area (Å²) >= 11 is 0. The molecule has 10 nitrogen and oxygen atoms in total. The number of ether oxygens (including phenoxy) is 2. The summed E-state index contributed by atoms with van der Waals surface area (Å²) in [6.45, 7) is 7.40. The molecule has 4 aromatic rings. The van der Waals surface area contributed by atoms with Crippen LogP contribution in [0.25, 0.3) is 16.6 Å². The van der Waals surface area contributed by atoms with E-state index >= 15 is 0 Å². The first-order chi connectivity index (χ1) is 21.0. The van der Waals surface area contributed by atoms with Crippen molar-refractivity contribution in [1.82, 2.24) is 20.1 Å². The second-order valence-corrected chi connectivity index (χ2v) is 10.1. The summed E-state index contributed by atoms with van der Waals surface area (Å²) in [7, 11) is 0. The predicted octanol–water partition coefficient (Wildman–Crippen LogP) is 5.36. The number of alkyl halides is 2. The lowest BCUT2D eigenvalue weighted by molar-refractivity contribution is 0.0823. The first-order valence-corrected chi connectivity index (χ1v) is 13.5. The molecule has 0 aliphatic carbocycles. The van der Waals surface area contributed by atoms with Crippen molar-refractivity contribution in [2.24, 2.45) is 4.99 Å². The molecule has 5 rings (SSSR count). The van der Waals surface area contributed by atoms with Gasteiger partial charge in [0.25, 0.3) is 6.43 Å². The third kappa shape index (κ3) is 6.29. The zero-order valence-electron chi connectivity index (χ0n) is 23.8. The van der Waals surface area contributed by atoms with Gasteiger partial charge in [-0.15, -0.1) is 0 Å². The Balaban J connectivity index is 1.41. The number of anilines is 2. The summed E-state index contributed by atoms with van der Waals surface area (Å²) in [4.78, 5) is 20.3. The molecule has 0 bridgehead atoms. The number of aromatic nitrogens is 3. The van der Waals surface area contributed by atoms with E-state index in [9.17, 15) is 22.4 Å². The van der Waals surface area contributed by atoms with Crippen molar-refractivity contribution in [3.8, 4) is 11.5 Å². The van der Waals surface area contributed by atoms with Crippen molar-refractivity contribution in [3.05, 3.63) is 83.0 Å². The van der Waals surface area contributed by atoms with E-state index in [2.05, 4.69) is 32.4 Å². The van der Waals surface area contributed by atoms with Gasteiger partial charge >= 0.3 is 0 Å². The second-order valence-electron chi connectivity index (χ2n) is 10.1. The number of nitrogen functional groups attached to an aromatic ring is 1. The van der Waals surface area contributed by atoms with Gasteiger partial charge in [0.1, 0.15) is 18.2 Å². The van der Waals surface area contributed by atoms with E-state index in [0.717, 1.165) is 25.2 Å². The minimum absolute atomic E-state index is 0.0360. The molecule has 14 heteroatoms. The number of nitrogens with two attached hydrogens (primary N) is 1. The minimum Gasteiger partial charge on any atom is -0.485 e. The number of carbonyl (C=O) groups is 1. The standard InChI is InChI=1S/C30H29F4N7O3/c1-15(7-27(36-3)44-29-20(31)5-4-6-21(29)32)16(2)41-30(35)19(13-38-41)28(42)24-8-17-9-25(43-14-26(33)34)23(10-22(17)40-24)39-18-11-37-12-18/h4-10,13,18,26,37,39-40H,3,11-12,14,35H2,1-2H3/b16-15+,27-7+. The summed E-state index contributed by atoms with van der Waals surface area (Å²) in [6, 6.07) is 8.30. The molecule has 1 aliphatic rings. The Hall–Kier alpha value is -5.11. The first-order valence-electron chi connectivity index (χ1n) is 13.5. The Kier molecular flexibility index (Phi) is 8.71. The molecule has 2 aromatic carbocycles. The van der Waals surface area contributed by atoms with E-state index in [0.29, 0.717) is 27.9 Å². The lowest BCUT2D eigenvalue weighted by Crippen LogP contribution is -2.51. The molecule has 0 saturated carbocycles. The molecule has 0 amide bonds. The third-order valence-corrected chi connectivity index (χ3v) is 7.03. The highest BCUT2D eigenvalue weighted by atomic mass is 19.3. The highest BCUT2D eigenvalue weighted by Gasteiger charge is 2.23. The van der Waals surface area contributed by atoms with E-state index in [1.807, 2.05) is 0 Å². The van der Waals surface area contributed by atoms with Crippen LogP contribution in [0, 0.1) is 11.6 Å². The summed E-state index contributed by atoms with van der Waals surface area (Å²) in [5, 5.41) is 11.2. The van der Waals surface area contributed by atoms with Crippen LogP contribution in [0.4, 0.5) is 29.1 Å². The van der Waals surface area contributed by atoms with Crippen LogP contribution >= 0.6 is 0 Å². The summed E-state index contributed by atoms with van der Waals surface area (Å²) < 4.78 is 65.8. The number of allylic oxidation sites excluding steroid dienone is 3. The molecule has 1 fully saturated rings. The number of nitrogens with zero attached hydrogens (tertiary/aromatic N) is 3. The monoisotopic (exact) mass is 611 g/mol. The molecule has 3 heterocycles. The number of ketones is 1. The molecular weight excluding hydrogens is 582 g/mol. The molecule has 5 N–H and O–H groups in total. The predicted molar refractivity (Wildman–Crippen MR) is 159 cm³/mol. The number of H-pyrrole nitrogens is 1. The zero-order chi connectivity index (χ0) is 31.5. The van der Waals surface area contributed by atoms with Crippen molar-refractivity contribution in [2.45, 2.75) is 26.3 Å². The van der Waals surface area contributed by atoms with Crippen LogP contribution < -0.4 is 25.8 Å². The quantitative estimate of drug-likeness (QED) is 0.0558. The van der Waals surface area contributed by atoms with Gasteiger partial charge < -0.3 is 30.8 Å². The number of para-hydroxylation sites is 1. The van der Waals surface area contributed by atoms with Gasteiger partial charge in [-0.1, -0.05) is 6.07 Å². The van der Waals surface area contributed by atoms with Crippen molar-refractivity contribution in [2.75, 3.05) is 30.7 Å². The number of benzene rings is 2. The van der Waals surface area contributed by atoms with Crippen molar-refractivity contribution in [1.29, 1.82) is 0 Å². The molecule has 44 heavy (non-hydrogen) atoms. The maximum Gasteiger partial charge on any atom is 0.272 e. The van der Waals surface area contributed by atoms with E-state index in [1.54, 1.807) is 32.0 Å². The van der Waals surface area contributed by atoms with Crippen molar-refractivity contribution >= 4 is 40.6 Å². The fourth-order valence-corrected chi connectivity index (χ4v) is 4.47. The van der Waals surface area contributed by atoms with Crippen LogP contribution in [0.2, 0.25) is 0 Å². The number of fused-ring (bicyclic) bond motifs is 1. The normalized spacial score (nSPS) is 14.4. The van der Waals surface area contributed by atoms with Crippen LogP contribution in [0.1, 0.15) is 29.9 Å². The molecule has 1 saturated heterocycles. The number of hydrogen-bond donors (Lipinski definition) is 4. The maximum atomic E-state index is 14.0. The Morgan fingerprint density at radius 1 is 1.25 bits per heavy atom. The van der Waals surface area contributed by atoms with Gasteiger partial charge in [0, 0.05) is 35.8 Å². The smallest absolute Gasteiger partial charge is 0.272 e. The lowest BCUT2D eigenvalue weighted by atomic mass is 10.1. The molecule has 0 atom stereocenters. The van der Waals surface area contributed by atoms with Gasteiger partial charge in [-0.3, -0.25) is 4.79 Å². The summed E-state index contributed by atoms with van der Waals surface area (Å²) in [5.41, 5.74) is 8.72. The Bertz CT molecular complexity index is 1770. The molecule has 1 aliphatic heterocycles. The number of nitrogens with one attached hydrogen (secondary N) is 3. The Labute approximate surface area is 249 Å². The number of hydrogen-bond acceptors (Lipinski definition) is 8. The van der Waals surface area contributed by atoms with E-state index < -0.39 is 36.2 Å². The van der Waals surface area contributed by atoms with Crippen LogP contribution in [0.15, 0.2) is 65.1 Å². The van der Waals surface area contributed by atoms with Crippen molar-refractivity contribution < 1.29 is 31.8 Å². The molecule has 2 aromatic heterocycles. The lowest BCUT2D eigenvalue weighted by Gasteiger charge is -2.29. The highest BCUT2D eigenvalue weighted by Crippen LogP contribution is 2.33. The zero-order valence-corrected chi connectivity index (χ0v) is 23.8. The van der Waals surface area contributed by atoms with Gasteiger partial charge in [-0.05, 0) is 56.5 Å². The minimum atomic E-state index is -2.65. The number of aliphatic imine (C=N–C) groups is 1. The van der Waals surface area contributed by atoms with Gasteiger partial charge in [-0.2, -0.15) is 5.10 Å². The Morgan fingerprint density at radius 3 is 2.61 bits per heavy atom. The number of aromatic amines is 1. The van der Waals surface area contributed by atoms with E-state index in [4.69, 9.17) is 15.2 Å². The average Bonchev–Trinajstić information content (AvgIpc) is 3.56. The highest BCUT2D eigenvalue weighted by molar-refractivity contribution is 6.13. The average molecular weight is 612 g/mol. The largest absolute Gasteiger partial charge is 0.485 e. The van der Waals surface area contributed by atoms with Gasteiger partial charge in [0.15, 0.2) is 11.6 Å². The number of carbonyl (C=O) groups excluding carboxylic acids is 1. The molecule has 0 spiro atoms. The van der Waals surface area contributed by atoms with Crippen LogP contribution in [-0.4, -0.2) is 59.4 Å². The van der Waals surface area contributed by atoms with E-state index in [-0.39, 0.29) is 34.7 Å². The molecule has 0 radical (unpaired) electrons. The second kappa shape index (κ2) is 12.6.